The van der Waals surface area contributed by atoms with Crippen molar-refractivity contribution in [3.05, 3.63) is 30.0 Å². The minimum absolute atomic E-state index is 0.464. The van der Waals surface area contributed by atoms with Crippen LogP contribution in [-0.2, 0) is 6.54 Å². The molecule has 0 aliphatic rings. The van der Waals surface area contributed by atoms with Gasteiger partial charge in [-0.25, -0.2) is 0 Å². The minimum Gasteiger partial charge on any atom is -0.399 e. The van der Waals surface area contributed by atoms with E-state index < -0.39 is 0 Å². The smallest absolute Gasteiger partial charge is 0.0486 e. The van der Waals surface area contributed by atoms with Gasteiger partial charge in [-0.3, -0.25) is 0 Å². The largest absolute Gasteiger partial charge is 0.399 e. The Labute approximate surface area is 103 Å². The molecule has 0 bridgehead atoms. The molecule has 0 saturated heterocycles. The molecule has 0 aliphatic heterocycles. The molecule has 0 amide bonds. The van der Waals surface area contributed by atoms with E-state index in [9.17, 15) is 0 Å². The van der Waals surface area contributed by atoms with Crippen LogP contribution in [0.1, 0.15) is 25.6 Å². The second-order valence-electron chi connectivity index (χ2n) is 5.16. The van der Waals surface area contributed by atoms with E-state index in [1.165, 1.54) is 16.6 Å². The molecule has 92 valence electrons. The van der Waals surface area contributed by atoms with Crippen LogP contribution in [0.4, 0.5) is 5.69 Å². The topological polar surface area (TPSA) is 34.2 Å². The van der Waals surface area contributed by atoms with Gasteiger partial charge < -0.3 is 15.2 Å². The number of nitrogen functional groups attached to an aromatic ring is 1. The third-order valence-electron chi connectivity index (χ3n) is 2.94. The Morgan fingerprint density at radius 3 is 2.53 bits per heavy atom. The monoisotopic (exact) mass is 231 g/mol. The van der Waals surface area contributed by atoms with Gasteiger partial charge in [0.05, 0.1) is 0 Å². The van der Waals surface area contributed by atoms with E-state index in [-0.39, 0.29) is 0 Å². The normalized spacial score (nSPS) is 11.9. The van der Waals surface area contributed by atoms with Gasteiger partial charge in [-0.15, -0.1) is 0 Å². The molecule has 0 fully saturated rings. The second-order valence-corrected chi connectivity index (χ2v) is 5.16. The number of anilines is 1. The maximum atomic E-state index is 5.84. The van der Waals surface area contributed by atoms with Crippen LogP contribution >= 0.6 is 0 Å². The highest BCUT2D eigenvalue weighted by Gasteiger charge is 2.11. The predicted molar refractivity (Wildman–Crippen MR) is 74.1 cm³/mol. The molecule has 3 heteroatoms. The lowest BCUT2D eigenvalue weighted by atomic mass is 10.2. The zero-order valence-corrected chi connectivity index (χ0v) is 11.1. The summed E-state index contributed by atoms with van der Waals surface area (Å²) in [7, 11) is 4.19. The molecule has 0 radical (unpaired) electrons. The Hall–Kier alpha value is -1.48. The van der Waals surface area contributed by atoms with Gasteiger partial charge in [-0.05, 0) is 52.2 Å². The zero-order valence-electron chi connectivity index (χ0n) is 11.1. The molecule has 0 atom stereocenters. The van der Waals surface area contributed by atoms with Crippen LogP contribution in [0, 0.1) is 0 Å². The SMILES string of the molecule is CC(C)n1c(CN(C)C)cc2cc(N)ccc21. The highest BCUT2D eigenvalue weighted by atomic mass is 15.1. The van der Waals surface area contributed by atoms with E-state index in [4.69, 9.17) is 5.73 Å². The quantitative estimate of drug-likeness (QED) is 0.824. The van der Waals surface area contributed by atoms with E-state index >= 15 is 0 Å². The van der Waals surface area contributed by atoms with Crippen LogP contribution < -0.4 is 5.73 Å². The summed E-state index contributed by atoms with van der Waals surface area (Å²) in [5.41, 5.74) is 9.28. The Balaban J connectivity index is 2.61. The summed E-state index contributed by atoms with van der Waals surface area (Å²) in [5.74, 6) is 0. The molecule has 2 aromatic rings. The molecule has 2 rings (SSSR count). The fraction of sp³-hybridized carbons (Fsp3) is 0.429. The lowest BCUT2D eigenvalue weighted by molar-refractivity contribution is 0.384. The molecule has 0 saturated carbocycles. The molecule has 1 aromatic heterocycles. The van der Waals surface area contributed by atoms with Crippen molar-refractivity contribution >= 4 is 16.6 Å². The predicted octanol–water partition coefficient (Wildman–Crippen LogP) is 2.87. The summed E-state index contributed by atoms with van der Waals surface area (Å²) in [4.78, 5) is 2.19. The standard InChI is InChI=1S/C14H21N3/c1-10(2)17-13(9-16(3)4)8-11-7-12(15)5-6-14(11)17/h5-8,10H,9,15H2,1-4H3. The highest BCUT2D eigenvalue weighted by molar-refractivity contribution is 5.84. The first-order valence-corrected chi connectivity index (χ1v) is 6.03. The Morgan fingerprint density at radius 2 is 1.94 bits per heavy atom. The maximum Gasteiger partial charge on any atom is 0.0486 e. The fourth-order valence-corrected chi connectivity index (χ4v) is 2.37. The molecule has 1 heterocycles. The molecule has 0 spiro atoms. The van der Waals surface area contributed by atoms with Crippen molar-refractivity contribution in [2.45, 2.75) is 26.4 Å². The number of benzene rings is 1. The molecule has 2 N–H and O–H groups in total. The van der Waals surface area contributed by atoms with Crippen LogP contribution in [0.15, 0.2) is 24.3 Å². The van der Waals surface area contributed by atoms with Crippen molar-refractivity contribution in [3.63, 3.8) is 0 Å². The molecule has 0 aliphatic carbocycles. The highest BCUT2D eigenvalue weighted by Crippen LogP contribution is 2.26. The average molecular weight is 231 g/mol. The molecule has 1 aromatic carbocycles. The van der Waals surface area contributed by atoms with E-state index in [1.54, 1.807) is 0 Å². The molecular weight excluding hydrogens is 210 g/mol. The van der Waals surface area contributed by atoms with Crippen LogP contribution in [-0.4, -0.2) is 23.6 Å². The van der Waals surface area contributed by atoms with Crippen molar-refractivity contribution in [1.29, 1.82) is 0 Å². The number of hydrogen-bond acceptors (Lipinski definition) is 2. The summed E-state index contributed by atoms with van der Waals surface area (Å²) < 4.78 is 2.38. The van der Waals surface area contributed by atoms with E-state index in [2.05, 4.69) is 49.5 Å². The van der Waals surface area contributed by atoms with Crippen molar-refractivity contribution < 1.29 is 0 Å². The summed E-state index contributed by atoms with van der Waals surface area (Å²) >= 11 is 0. The zero-order chi connectivity index (χ0) is 12.6. The van der Waals surface area contributed by atoms with Gasteiger partial charge in [0.2, 0.25) is 0 Å². The van der Waals surface area contributed by atoms with Gasteiger partial charge in [0.15, 0.2) is 0 Å². The van der Waals surface area contributed by atoms with Crippen molar-refractivity contribution in [2.24, 2.45) is 0 Å². The number of rotatable bonds is 3. The van der Waals surface area contributed by atoms with Crippen molar-refractivity contribution in [1.82, 2.24) is 9.47 Å². The first-order chi connectivity index (χ1) is 7.99. The lowest BCUT2D eigenvalue weighted by Gasteiger charge is -2.17. The molecule has 17 heavy (non-hydrogen) atoms. The number of aromatic nitrogens is 1. The number of nitrogens with zero attached hydrogens (tertiary/aromatic N) is 2. The van der Waals surface area contributed by atoms with E-state index in [0.29, 0.717) is 6.04 Å². The van der Waals surface area contributed by atoms with Gasteiger partial charge in [0.25, 0.3) is 0 Å². The van der Waals surface area contributed by atoms with Gasteiger partial charge in [0.1, 0.15) is 0 Å². The molecule has 3 nitrogen and oxygen atoms in total. The van der Waals surface area contributed by atoms with Crippen molar-refractivity contribution in [3.8, 4) is 0 Å². The van der Waals surface area contributed by atoms with Gasteiger partial charge in [-0.2, -0.15) is 0 Å². The third kappa shape index (κ3) is 2.29. The third-order valence-corrected chi connectivity index (χ3v) is 2.94. The van der Waals surface area contributed by atoms with Crippen molar-refractivity contribution in [2.75, 3.05) is 19.8 Å². The second kappa shape index (κ2) is 4.41. The number of fused-ring (bicyclic) bond motifs is 1. The maximum absolute atomic E-state index is 5.84. The van der Waals surface area contributed by atoms with E-state index in [1.807, 2.05) is 12.1 Å². The van der Waals surface area contributed by atoms with E-state index in [0.717, 1.165) is 12.2 Å². The van der Waals surface area contributed by atoms with Crippen LogP contribution in [0.3, 0.4) is 0 Å². The Bertz CT molecular complexity index is 523. The first kappa shape index (κ1) is 12.0. The summed E-state index contributed by atoms with van der Waals surface area (Å²) in [6.07, 6.45) is 0. The van der Waals surface area contributed by atoms with Crippen LogP contribution in [0.5, 0.6) is 0 Å². The summed E-state index contributed by atoms with van der Waals surface area (Å²) in [6, 6.07) is 8.84. The van der Waals surface area contributed by atoms with Crippen LogP contribution in [0.2, 0.25) is 0 Å². The first-order valence-electron chi connectivity index (χ1n) is 6.03. The Kier molecular flexibility index (Phi) is 3.11. The lowest BCUT2D eigenvalue weighted by Crippen LogP contribution is -2.15. The molecular formula is C14H21N3. The van der Waals surface area contributed by atoms with Gasteiger partial charge in [0, 0.05) is 34.9 Å². The van der Waals surface area contributed by atoms with Gasteiger partial charge in [-0.1, -0.05) is 0 Å². The number of hydrogen-bond donors (Lipinski definition) is 1. The minimum atomic E-state index is 0.464. The average Bonchev–Trinajstić information content (AvgIpc) is 2.53. The molecule has 0 unspecified atom stereocenters. The van der Waals surface area contributed by atoms with Gasteiger partial charge >= 0.3 is 0 Å². The number of nitrogens with two attached hydrogens (primary N) is 1. The Morgan fingerprint density at radius 1 is 1.24 bits per heavy atom. The summed E-state index contributed by atoms with van der Waals surface area (Å²) in [6.45, 7) is 5.39. The fourth-order valence-electron chi connectivity index (χ4n) is 2.37. The summed E-state index contributed by atoms with van der Waals surface area (Å²) in [5, 5.41) is 1.23. The van der Waals surface area contributed by atoms with Crippen LogP contribution in [0.25, 0.3) is 10.9 Å².